The van der Waals surface area contributed by atoms with Crippen molar-refractivity contribution in [2.75, 3.05) is 20.6 Å². The molecule has 1 aromatic rings. The Morgan fingerprint density at radius 3 is 1.50 bits per heavy atom. The van der Waals surface area contributed by atoms with Crippen molar-refractivity contribution in [3.8, 4) is 0 Å². The zero-order valence-corrected chi connectivity index (χ0v) is 22.3. The summed E-state index contributed by atoms with van der Waals surface area (Å²) in [4.78, 5) is 0. The molecule has 0 aliphatic heterocycles. The SMILES string of the molecule is CCCCCCCCCCCCCCCCCCNC(CC)[N+](C)(C)Cc1ccccc1. The minimum Gasteiger partial charge on any atom is -0.310 e. The zero-order valence-electron chi connectivity index (χ0n) is 22.3. The van der Waals surface area contributed by atoms with E-state index >= 15 is 0 Å². The van der Waals surface area contributed by atoms with Gasteiger partial charge in [0, 0.05) is 18.5 Å². The van der Waals surface area contributed by atoms with E-state index in [1.807, 2.05) is 0 Å². The topological polar surface area (TPSA) is 12.0 Å². The Morgan fingerprint density at radius 2 is 1.06 bits per heavy atom. The van der Waals surface area contributed by atoms with Crippen LogP contribution in [0.1, 0.15) is 129 Å². The molecule has 0 aliphatic carbocycles. The third-order valence-corrected chi connectivity index (χ3v) is 7.07. The van der Waals surface area contributed by atoms with E-state index in [1.165, 1.54) is 115 Å². The number of hydrogen-bond acceptors (Lipinski definition) is 1. The lowest BCUT2D eigenvalue weighted by molar-refractivity contribution is -0.931. The fourth-order valence-corrected chi connectivity index (χ4v) is 4.99. The molecule has 0 radical (unpaired) electrons. The van der Waals surface area contributed by atoms with Crippen LogP contribution in [0.4, 0.5) is 0 Å². The Balaban J connectivity index is 1.93. The number of unbranched alkanes of at least 4 members (excludes halogenated alkanes) is 15. The molecular formula is C30H57N2+. The number of benzene rings is 1. The summed E-state index contributed by atoms with van der Waals surface area (Å²) in [6, 6.07) is 10.9. The second-order valence-electron chi connectivity index (χ2n) is 10.6. The van der Waals surface area contributed by atoms with Crippen molar-refractivity contribution in [1.29, 1.82) is 0 Å². The van der Waals surface area contributed by atoms with E-state index in [9.17, 15) is 0 Å². The number of hydrogen-bond donors (Lipinski definition) is 1. The molecule has 0 aromatic heterocycles. The van der Waals surface area contributed by atoms with Crippen molar-refractivity contribution < 1.29 is 4.48 Å². The minimum atomic E-state index is 0.534. The first-order chi connectivity index (χ1) is 15.6. The highest BCUT2D eigenvalue weighted by molar-refractivity contribution is 5.13. The summed E-state index contributed by atoms with van der Waals surface area (Å²) in [6.07, 6.45) is 24.7. The van der Waals surface area contributed by atoms with Gasteiger partial charge in [0.05, 0.1) is 14.1 Å². The van der Waals surface area contributed by atoms with Crippen LogP contribution in [0.3, 0.4) is 0 Å². The number of quaternary nitrogens is 1. The molecule has 2 nitrogen and oxygen atoms in total. The standard InChI is InChI=1S/C30H57N2/c1-5-7-8-9-10-11-12-13-14-15-16-17-18-19-20-24-27-31-30(6-2)32(3,4)28-29-25-22-21-23-26-29/h21-23,25-26,30-31H,5-20,24,27-28H2,1-4H3/q+1. The van der Waals surface area contributed by atoms with E-state index in [0.29, 0.717) is 6.17 Å². The lowest BCUT2D eigenvalue weighted by Gasteiger charge is -2.38. The van der Waals surface area contributed by atoms with Crippen LogP contribution in [0, 0.1) is 0 Å². The molecule has 1 rings (SSSR count). The summed E-state index contributed by atoms with van der Waals surface area (Å²) in [5, 5.41) is 3.85. The maximum atomic E-state index is 3.85. The summed E-state index contributed by atoms with van der Waals surface area (Å²) in [5.74, 6) is 0. The molecule has 1 N–H and O–H groups in total. The van der Waals surface area contributed by atoms with Crippen molar-refractivity contribution in [3.05, 3.63) is 35.9 Å². The maximum Gasteiger partial charge on any atom is 0.142 e. The Kier molecular flexibility index (Phi) is 17.9. The van der Waals surface area contributed by atoms with Crippen LogP contribution in [0.15, 0.2) is 30.3 Å². The van der Waals surface area contributed by atoms with Gasteiger partial charge in [-0.15, -0.1) is 0 Å². The van der Waals surface area contributed by atoms with E-state index in [4.69, 9.17) is 0 Å². The van der Waals surface area contributed by atoms with Crippen LogP contribution in [0.25, 0.3) is 0 Å². The fraction of sp³-hybridized carbons (Fsp3) is 0.800. The Bertz CT molecular complexity index is 511. The average molecular weight is 446 g/mol. The molecule has 2 heteroatoms. The molecule has 0 fully saturated rings. The molecule has 32 heavy (non-hydrogen) atoms. The van der Waals surface area contributed by atoms with E-state index in [2.05, 4.69) is 63.6 Å². The smallest absolute Gasteiger partial charge is 0.142 e. The number of nitrogens with one attached hydrogen (secondary N) is 1. The third-order valence-electron chi connectivity index (χ3n) is 7.07. The zero-order chi connectivity index (χ0) is 23.3. The van der Waals surface area contributed by atoms with Gasteiger partial charge < -0.3 is 4.48 Å². The molecule has 1 unspecified atom stereocenters. The van der Waals surface area contributed by atoms with Gasteiger partial charge in [-0.2, -0.15) is 0 Å². The normalized spacial score (nSPS) is 12.9. The Morgan fingerprint density at radius 1 is 0.625 bits per heavy atom. The molecule has 186 valence electrons. The minimum absolute atomic E-state index is 0.534. The van der Waals surface area contributed by atoms with Crippen LogP contribution in [-0.2, 0) is 6.54 Å². The highest BCUT2D eigenvalue weighted by Crippen LogP contribution is 2.16. The number of nitrogens with zero attached hydrogens (tertiary/aromatic N) is 1. The van der Waals surface area contributed by atoms with Crippen LogP contribution in [0.5, 0.6) is 0 Å². The summed E-state index contributed by atoms with van der Waals surface area (Å²) in [7, 11) is 4.73. The van der Waals surface area contributed by atoms with E-state index in [0.717, 1.165) is 17.6 Å². The summed E-state index contributed by atoms with van der Waals surface area (Å²) < 4.78 is 1.01. The monoisotopic (exact) mass is 445 g/mol. The van der Waals surface area contributed by atoms with E-state index < -0.39 is 0 Å². The average Bonchev–Trinajstić information content (AvgIpc) is 2.78. The first kappa shape index (κ1) is 29.2. The van der Waals surface area contributed by atoms with Crippen LogP contribution in [-0.4, -0.2) is 31.3 Å². The molecular weight excluding hydrogens is 388 g/mol. The Hall–Kier alpha value is -0.860. The van der Waals surface area contributed by atoms with Gasteiger partial charge in [-0.1, -0.05) is 140 Å². The first-order valence-corrected chi connectivity index (χ1v) is 14.2. The lowest BCUT2D eigenvalue weighted by atomic mass is 10.0. The van der Waals surface area contributed by atoms with Gasteiger partial charge in [-0.05, 0) is 6.42 Å². The maximum absolute atomic E-state index is 3.85. The van der Waals surface area contributed by atoms with Gasteiger partial charge in [0.25, 0.3) is 0 Å². The molecule has 0 spiro atoms. The molecule has 0 amide bonds. The molecule has 0 saturated heterocycles. The third kappa shape index (κ3) is 15.1. The van der Waals surface area contributed by atoms with Crippen molar-refractivity contribution in [2.45, 2.75) is 136 Å². The Labute approximate surface area is 202 Å². The first-order valence-electron chi connectivity index (χ1n) is 14.2. The summed E-state index contributed by atoms with van der Waals surface area (Å²) in [6.45, 7) is 6.86. The van der Waals surface area contributed by atoms with Crippen molar-refractivity contribution >= 4 is 0 Å². The van der Waals surface area contributed by atoms with Gasteiger partial charge in [0.15, 0.2) is 0 Å². The van der Waals surface area contributed by atoms with Crippen molar-refractivity contribution in [2.24, 2.45) is 0 Å². The van der Waals surface area contributed by atoms with Crippen molar-refractivity contribution in [3.63, 3.8) is 0 Å². The van der Waals surface area contributed by atoms with E-state index in [-0.39, 0.29) is 0 Å². The number of rotatable bonds is 22. The van der Waals surface area contributed by atoms with Gasteiger partial charge in [-0.25, -0.2) is 0 Å². The highest BCUT2D eigenvalue weighted by atomic mass is 15.4. The second kappa shape index (κ2) is 19.6. The van der Waals surface area contributed by atoms with Crippen LogP contribution < -0.4 is 5.32 Å². The predicted molar refractivity (Wildman–Crippen MR) is 144 cm³/mol. The summed E-state index contributed by atoms with van der Waals surface area (Å²) in [5.41, 5.74) is 1.43. The van der Waals surface area contributed by atoms with Gasteiger partial charge in [-0.3, -0.25) is 5.32 Å². The van der Waals surface area contributed by atoms with Gasteiger partial charge in [0.2, 0.25) is 0 Å². The molecule has 1 atom stereocenters. The lowest BCUT2D eigenvalue weighted by Crippen LogP contribution is -2.55. The predicted octanol–water partition coefficient (Wildman–Crippen LogP) is 8.85. The van der Waals surface area contributed by atoms with Gasteiger partial charge in [0.1, 0.15) is 12.7 Å². The highest BCUT2D eigenvalue weighted by Gasteiger charge is 2.26. The molecule has 0 heterocycles. The van der Waals surface area contributed by atoms with E-state index in [1.54, 1.807) is 0 Å². The molecule has 1 aromatic carbocycles. The van der Waals surface area contributed by atoms with Crippen LogP contribution >= 0.6 is 0 Å². The summed E-state index contributed by atoms with van der Waals surface area (Å²) >= 11 is 0. The fourth-order valence-electron chi connectivity index (χ4n) is 4.99. The second-order valence-corrected chi connectivity index (χ2v) is 10.6. The quantitative estimate of drug-likeness (QED) is 0.107. The largest absolute Gasteiger partial charge is 0.310 e. The molecule has 0 saturated carbocycles. The molecule has 0 aliphatic rings. The van der Waals surface area contributed by atoms with Crippen molar-refractivity contribution in [1.82, 2.24) is 5.32 Å². The van der Waals surface area contributed by atoms with Gasteiger partial charge >= 0.3 is 0 Å². The van der Waals surface area contributed by atoms with Crippen LogP contribution in [0.2, 0.25) is 0 Å². The molecule has 0 bridgehead atoms.